The van der Waals surface area contributed by atoms with Crippen molar-refractivity contribution in [1.82, 2.24) is 13.7 Å². The van der Waals surface area contributed by atoms with E-state index in [9.17, 15) is 0 Å². The Morgan fingerprint density at radius 2 is 0.656 bits per heavy atom. The minimum Gasteiger partial charge on any atom is -0.309 e. The van der Waals surface area contributed by atoms with Crippen molar-refractivity contribution in [2.45, 2.75) is 0 Å². The van der Waals surface area contributed by atoms with E-state index in [0.717, 1.165) is 17.1 Å². The predicted molar refractivity (Wildman–Crippen MR) is 273 cm³/mol. The second-order valence-electron chi connectivity index (χ2n) is 16.8. The summed E-state index contributed by atoms with van der Waals surface area (Å²) in [4.78, 5) is 0. The van der Waals surface area contributed by atoms with Crippen LogP contribution >= 0.6 is 0 Å². The number of fused-ring (bicyclic) bond motifs is 10. The van der Waals surface area contributed by atoms with Crippen LogP contribution in [0.1, 0.15) is 0 Å². The molecule has 0 saturated carbocycles. The molecule has 0 spiro atoms. The molecule has 3 heterocycles. The largest absolute Gasteiger partial charge is 0.309 e. The fraction of sp³-hybridized carbons (Fsp3) is 0. The van der Waals surface area contributed by atoms with Gasteiger partial charge in [-0.3, -0.25) is 0 Å². The summed E-state index contributed by atoms with van der Waals surface area (Å²) in [7, 11) is -3.00. The SMILES string of the molecule is c1ccc(-n2c3ccccc3c3cc([Si](c4ccccc4)(c4ccccc4)c4cccc(-n5c6ccccc6c6c5ccc5c7ccccc7n(-c7ccccc7)c56)c4)ccc32)cc1. The molecular weight excluding hydrogens is 791 g/mol. The fourth-order valence-electron chi connectivity index (χ4n) is 10.9. The van der Waals surface area contributed by atoms with E-state index < -0.39 is 8.07 Å². The van der Waals surface area contributed by atoms with E-state index in [1.807, 2.05) is 0 Å². The van der Waals surface area contributed by atoms with Crippen molar-refractivity contribution in [2.75, 3.05) is 0 Å². The quantitative estimate of drug-likeness (QED) is 0.112. The fourth-order valence-corrected chi connectivity index (χ4v) is 15.7. The molecular formula is C60H41N3Si. The molecule has 0 saturated heterocycles. The molecule has 4 heteroatoms. The second-order valence-corrected chi connectivity index (χ2v) is 20.7. The molecule has 13 rings (SSSR count). The number of hydrogen-bond donors (Lipinski definition) is 0. The van der Waals surface area contributed by atoms with Gasteiger partial charge in [0.15, 0.2) is 8.07 Å². The van der Waals surface area contributed by atoms with Crippen molar-refractivity contribution in [2.24, 2.45) is 0 Å². The molecule has 300 valence electrons. The van der Waals surface area contributed by atoms with Crippen LogP contribution in [0.2, 0.25) is 0 Å². The van der Waals surface area contributed by atoms with E-state index in [0.29, 0.717) is 0 Å². The lowest BCUT2D eigenvalue weighted by Crippen LogP contribution is -2.74. The number of nitrogens with zero attached hydrogens (tertiary/aromatic N) is 3. The highest BCUT2D eigenvalue weighted by molar-refractivity contribution is 7.20. The molecule has 3 nitrogen and oxygen atoms in total. The molecule has 0 fully saturated rings. The van der Waals surface area contributed by atoms with Gasteiger partial charge in [-0.15, -0.1) is 0 Å². The smallest absolute Gasteiger partial charge is 0.179 e. The summed E-state index contributed by atoms with van der Waals surface area (Å²) in [6.45, 7) is 0. The Hall–Kier alpha value is -8.18. The van der Waals surface area contributed by atoms with Gasteiger partial charge in [0, 0.05) is 49.4 Å². The number of para-hydroxylation sites is 5. The van der Waals surface area contributed by atoms with Crippen LogP contribution in [0.15, 0.2) is 249 Å². The molecule has 0 aliphatic carbocycles. The Kier molecular flexibility index (Phi) is 8.23. The Morgan fingerprint density at radius 3 is 1.30 bits per heavy atom. The Labute approximate surface area is 372 Å². The van der Waals surface area contributed by atoms with Gasteiger partial charge in [-0.1, -0.05) is 182 Å². The first kappa shape index (κ1) is 36.5. The molecule has 13 aromatic rings. The minimum atomic E-state index is -3.00. The van der Waals surface area contributed by atoms with Gasteiger partial charge in [0.2, 0.25) is 0 Å². The van der Waals surface area contributed by atoms with Gasteiger partial charge in [-0.2, -0.15) is 0 Å². The van der Waals surface area contributed by atoms with Crippen LogP contribution in [0.3, 0.4) is 0 Å². The minimum absolute atomic E-state index is 1.15. The highest BCUT2D eigenvalue weighted by Gasteiger charge is 2.42. The Balaban J connectivity index is 1.11. The standard InChI is InChI=1S/C60H41N3Si/c1-5-20-42(21-6-1)61-54-33-16-14-31-50(54)53-41-48(36-38-57(53)61)64(45-25-9-3-10-26-45,46-27-11-4-12-28-46)47-29-19-24-44(40-47)62-56-35-18-15-32-52(56)59-58(62)39-37-51-49-30-13-17-34-55(49)63(60(51)59)43-22-7-2-8-23-43/h1-41H. The molecule has 0 unspecified atom stereocenters. The van der Waals surface area contributed by atoms with Crippen molar-refractivity contribution in [3.63, 3.8) is 0 Å². The Morgan fingerprint density at radius 1 is 0.234 bits per heavy atom. The van der Waals surface area contributed by atoms with Crippen molar-refractivity contribution < 1.29 is 0 Å². The first-order chi connectivity index (χ1) is 31.8. The maximum absolute atomic E-state index is 3.00. The first-order valence-corrected chi connectivity index (χ1v) is 24.1. The average Bonchev–Trinajstić information content (AvgIpc) is 4.01. The molecule has 64 heavy (non-hydrogen) atoms. The van der Waals surface area contributed by atoms with Crippen LogP contribution < -0.4 is 20.7 Å². The van der Waals surface area contributed by atoms with E-state index in [2.05, 4.69) is 262 Å². The normalized spacial score (nSPS) is 12.1. The summed E-state index contributed by atoms with van der Waals surface area (Å²) < 4.78 is 7.39. The third-order valence-electron chi connectivity index (χ3n) is 13.6. The summed E-state index contributed by atoms with van der Waals surface area (Å²) >= 11 is 0. The van der Waals surface area contributed by atoms with Gasteiger partial charge in [-0.05, 0) is 87.5 Å². The molecule has 10 aromatic carbocycles. The average molecular weight is 832 g/mol. The van der Waals surface area contributed by atoms with E-state index in [4.69, 9.17) is 0 Å². The molecule has 0 aliphatic heterocycles. The van der Waals surface area contributed by atoms with Crippen molar-refractivity contribution in [3.8, 4) is 17.1 Å². The van der Waals surface area contributed by atoms with Gasteiger partial charge in [0.05, 0.1) is 33.1 Å². The van der Waals surface area contributed by atoms with E-state index in [1.165, 1.54) is 86.2 Å². The van der Waals surface area contributed by atoms with Gasteiger partial charge in [0.1, 0.15) is 0 Å². The third-order valence-corrected chi connectivity index (χ3v) is 18.3. The van der Waals surface area contributed by atoms with Gasteiger partial charge in [-0.25, -0.2) is 0 Å². The third kappa shape index (κ3) is 5.27. The summed E-state index contributed by atoms with van der Waals surface area (Å²) in [6, 6.07) is 92.4. The second kappa shape index (κ2) is 14.5. The molecule has 0 N–H and O–H groups in total. The van der Waals surface area contributed by atoms with Gasteiger partial charge in [0.25, 0.3) is 0 Å². The first-order valence-electron chi connectivity index (χ1n) is 22.1. The van der Waals surface area contributed by atoms with Crippen LogP contribution in [-0.4, -0.2) is 21.8 Å². The number of hydrogen-bond acceptors (Lipinski definition) is 0. The van der Waals surface area contributed by atoms with Gasteiger partial charge < -0.3 is 13.7 Å². The topological polar surface area (TPSA) is 14.8 Å². The van der Waals surface area contributed by atoms with E-state index >= 15 is 0 Å². The van der Waals surface area contributed by atoms with Gasteiger partial charge >= 0.3 is 0 Å². The maximum Gasteiger partial charge on any atom is 0.179 e. The van der Waals surface area contributed by atoms with Crippen molar-refractivity contribution in [3.05, 3.63) is 249 Å². The van der Waals surface area contributed by atoms with Crippen LogP contribution in [0.5, 0.6) is 0 Å². The highest BCUT2D eigenvalue weighted by Crippen LogP contribution is 2.42. The lowest BCUT2D eigenvalue weighted by molar-refractivity contribution is 1.18. The summed E-state index contributed by atoms with van der Waals surface area (Å²) in [6.07, 6.45) is 0. The highest BCUT2D eigenvalue weighted by atomic mass is 28.3. The number of aromatic nitrogens is 3. The molecule has 0 bridgehead atoms. The zero-order chi connectivity index (χ0) is 42.2. The zero-order valence-corrected chi connectivity index (χ0v) is 36.0. The molecule has 0 atom stereocenters. The summed E-state index contributed by atoms with van der Waals surface area (Å²) in [5.74, 6) is 0. The molecule has 3 aromatic heterocycles. The lowest BCUT2D eigenvalue weighted by atomic mass is 10.1. The van der Waals surface area contributed by atoms with Crippen molar-refractivity contribution >= 4 is 94.2 Å². The van der Waals surface area contributed by atoms with Crippen molar-refractivity contribution in [1.29, 1.82) is 0 Å². The van der Waals surface area contributed by atoms with Crippen LogP contribution in [0.25, 0.3) is 82.5 Å². The molecule has 0 aliphatic rings. The monoisotopic (exact) mass is 831 g/mol. The van der Waals surface area contributed by atoms with E-state index in [1.54, 1.807) is 0 Å². The summed E-state index contributed by atoms with van der Waals surface area (Å²) in [5.41, 5.74) is 10.7. The summed E-state index contributed by atoms with van der Waals surface area (Å²) in [5, 5.41) is 12.9. The van der Waals surface area contributed by atoms with E-state index in [-0.39, 0.29) is 0 Å². The molecule has 0 radical (unpaired) electrons. The lowest BCUT2D eigenvalue weighted by Gasteiger charge is -2.35. The van der Waals surface area contributed by atoms with Crippen LogP contribution in [0, 0.1) is 0 Å². The number of rotatable bonds is 7. The zero-order valence-electron chi connectivity index (χ0n) is 35.0. The molecule has 0 amide bonds. The van der Waals surface area contributed by atoms with Crippen LogP contribution in [-0.2, 0) is 0 Å². The maximum atomic E-state index is 2.52. The number of benzene rings is 10. The Bertz CT molecular complexity index is 3840. The van der Waals surface area contributed by atoms with Crippen LogP contribution in [0.4, 0.5) is 0 Å². The predicted octanol–water partition coefficient (Wildman–Crippen LogP) is 12.4.